The molecule has 1 aliphatic heterocycles. The van der Waals surface area contributed by atoms with Crippen LogP contribution in [-0.4, -0.2) is 39.4 Å². The summed E-state index contributed by atoms with van der Waals surface area (Å²) in [5.41, 5.74) is 1.62. The van der Waals surface area contributed by atoms with Gasteiger partial charge >= 0.3 is 0 Å². The molecule has 1 fully saturated rings. The van der Waals surface area contributed by atoms with Crippen molar-refractivity contribution in [2.24, 2.45) is 0 Å². The highest BCUT2D eigenvalue weighted by atomic mass is 16.5. The molecule has 0 radical (unpaired) electrons. The molecule has 2 aromatic rings. The third kappa shape index (κ3) is 4.91. The van der Waals surface area contributed by atoms with Crippen molar-refractivity contribution in [1.29, 1.82) is 0 Å². The molecule has 0 bridgehead atoms. The first-order valence-corrected chi connectivity index (χ1v) is 10.2. The minimum atomic E-state index is -0.612. The van der Waals surface area contributed by atoms with Crippen molar-refractivity contribution in [3.05, 3.63) is 59.7 Å². The highest BCUT2D eigenvalue weighted by molar-refractivity contribution is 5.88. The Kier molecular flexibility index (Phi) is 7.15. The van der Waals surface area contributed by atoms with Crippen LogP contribution < -0.4 is 14.8 Å². The zero-order valence-corrected chi connectivity index (χ0v) is 17.6. The lowest BCUT2D eigenvalue weighted by atomic mass is 9.73. The minimum Gasteiger partial charge on any atom is -0.493 e. The maximum Gasteiger partial charge on any atom is 0.231 e. The standard InChI is InChI=1S/C24H31NO4/c1-18(9-10-19-7-5-4-6-8-19)25-23(26)24(13-15-29-16-14-24)20-11-12-21(27-2)22(17-20)28-3/h4-8,11-12,17-18H,9-10,13-16H2,1-3H3,(H,25,26)/t18-/m0/s1. The second-order valence-electron chi connectivity index (χ2n) is 7.66. The molecule has 156 valence electrons. The molecule has 1 heterocycles. The van der Waals surface area contributed by atoms with E-state index < -0.39 is 5.41 Å². The number of hydrogen-bond acceptors (Lipinski definition) is 4. The van der Waals surface area contributed by atoms with Crippen LogP contribution >= 0.6 is 0 Å². The molecular weight excluding hydrogens is 366 g/mol. The van der Waals surface area contributed by atoms with Gasteiger partial charge in [0.25, 0.3) is 0 Å². The molecule has 5 nitrogen and oxygen atoms in total. The second-order valence-corrected chi connectivity index (χ2v) is 7.66. The van der Waals surface area contributed by atoms with Gasteiger partial charge in [0.05, 0.1) is 19.6 Å². The van der Waals surface area contributed by atoms with Crippen LogP contribution in [0.3, 0.4) is 0 Å². The van der Waals surface area contributed by atoms with Crippen LogP contribution in [0.4, 0.5) is 0 Å². The largest absolute Gasteiger partial charge is 0.493 e. The summed E-state index contributed by atoms with van der Waals surface area (Å²) < 4.78 is 16.4. The number of methoxy groups -OCH3 is 2. The van der Waals surface area contributed by atoms with Crippen LogP contribution in [0.1, 0.15) is 37.3 Å². The Morgan fingerprint density at radius 1 is 1.07 bits per heavy atom. The lowest BCUT2D eigenvalue weighted by Gasteiger charge is -2.37. The first-order chi connectivity index (χ1) is 14.1. The van der Waals surface area contributed by atoms with Gasteiger partial charge in [-0.1, -0.05) is 36.4 Å². The number of rotatable bonds is 8. The van der Waals surface area contributed by atoms with Crippen molar-refractivity contribution in [1.82, 2.24) is 5.32 Å². The van der Waals surface area contributed by atoms with E-state index in [0.29, 0.717) is 37.6 Å². The Morgan fingerprint density at radius 3 is 2.41 bits per heavy atom. The Morgan fingerprint density at radius 2 is 1.76 bits per heavy atom. The number of hydrogen-bond donors (Lipinski definition) is 1. The number of aryl methyl sites for hydroxylation is 1. The average Bonchev–Trinajstić information content (AvgIpc) is 2.78. The summed E-state index contributed by atoms with van der Waals surface area (Å²) in [7, 11) is 3.23. The number of carbonyl (C=O) groups excluding carboxylic acids is 1. The summed E-state index contributed by atoms with van der Waals surface area (Å²) in [5, 5.41) is 3.26. The van der Waals surface area contributed by atoms with Crippen molar-refractivity contribution >= 4 is 5.91 Å². The van der Waals surface area contributed by atoms with E-state index in [2.05, 4.69) is 24.4 Å². The fraction of sp³-hybridized carbons (Fsp3) is 0.458. The van der Waals surface area contributed by atoms with Crippen LogP contribution in [0.2, 0.25) is 0 Å². The Balaban J connectivity index is 1.76. The summed E-state index contributed by atoms with van der Waals surface area (Å²) in [5.74, 6) is 1.37. The Hall–Kier alpha value is -2.53. The fourth-order valence-corrected chi connectivity index (χ4v) is 3.96. The van der Waals surface area contributed by atoms with Crippen LogP contribution in [0.5, 0.6) is 11.5 Å². The molecule has 0 spiro atoms. The van der Waals surface area contributed by atoms with Gasteiger partial charge in [0.2, 0.25) is 5.91 Å². The molecule has 1 saturated heterocycles. The van der Waals surface area contributed by atoms with E-state index in [4.69, 9.17) is 14.2 Å². The van der Waals surface area contributed by atoms with Crippen LogP contribution in [0.15, 0.2) is 48.5 Å². The van der Waals surface area contributed by atoms with Crippen molar-refractivity contribution in [2.75, 3.05) is 27.4 Å². The van der Waals surface area contributed by atoms with E-state index in [1.54, 1.807) is 14.2 Å². The summed E-state index contributed by atoms with van der Waals surface area (Å²) >= 11 is 0. The van der Waals surface area contributed by atoms with Gasteiger partial charge in [0.15, 0.2) is 11.5 Å². The zero-order chi connectivity index (χ0) is 20.7. The number of benzene rings is 2. The molecule has 1 amide bonds. The highest BCUT2D eigenvalue weighted by Gasteiger charge is 2.42. The van der Waals surface area contributed by atoms with Crippen molar-refractivity contribution in [3.8, 4) is 11.5 Å². The summed E-state index contributed by atoms with van der Waals surface area (Å²) in [6.07, 6.45) is 3.14. The lowest BCUT2D eigenvalue weighted by Crippen LogP contribution is -2.50. The van der Waals surface area contributed by atoms with Gasteiger partial charge in [0, 0.05) is 19.3 Å². The second kappa shape index (κ2) is 9.79. The van der Waals surface area contributed by atoms with Gasteiger partial charge in [-0.25, -0.2) is 0 Å². The Labute approximate surface area is 173 Å². The maximum absolute atomic E-state index is 13.5. The number of ether oxygens (including phenoxy) is 3. The van der Waals surface area contributed by atoms with Crippen LogP contribution in [0, 0.1) is 0 Å². The SMILES string of the molecule is COc1ccc(C2(C(=O)N[C@@H](C)CCc3ccccc3)CCOCC2)cc1OC. The van der Waals surface area contributed by atoms with Gasteiger partial charge in [-0.15, -0.1) is 0 Å². The van der Waals surface area contributed by atoms with Gasteiger partial charge in [-0.2, -0.15) is 0 Å². The molecule has 0 saturated carbocycles. The average molecular weight is 398 g/mol. The van der Waals surface area contributed by atoms with E-state index in [-0.39, 0.29) is 11.9 Å². The smallest absolute Gasteiger partial charge is 0.231 e. The number of carbonyl (C=O) groups is 1. The number of nitrogens with one attached hydrogen (secondary N) is 1. The van der Waals surface area contributed by atoms with E-state index in [1.165, 1.54) is 5.56 Å². The molecule has 0 unspecified atom stereocenters. The van der Waals surface area contributed by atoms with E-state index in [9.17, 15) is 4.79 Å². The van der Waals surface area contributed by atoms with E-state index in [0.717, 1.165) is 18.4 Å². The predicted molar refractivity (Wildman–Crippen MR) is 114 cm³/mol. The molecule has 1 N–H and O–H groups in total. The van der Waals surface area contributed by atoms with E-state index >= 15 is 0 Å². The predicted octanol–water partition coefficient (Wildman–Crippen LogP) is 3.89. The van der Waals surface area contributed by atoms with Gasteiger partial charge < -0.3 is 19.5 Å². The first kappa shape index (κ1) is 21.2. The topological polar surface area (TPSA) is 56.8 Å². The normalized spacial score (nSPS) is 16.7. The third-order valence-corrected chi connectivity index (χ3v) is 5.80. The monoisotopic (exact) mass is 397 g/mol. The fourth-order valence-electron chi connectivity index (χ4n) is 3.96. The lowest BCUT2D eigenvalue weighted by molar-refractivity contribution is -0.131. The minimum absolute atomic E-state index is 0.0635. The summed E-state index contributed by atoms with van der Waals surface area (Å²) in [6.45, 7) is 3.21. The summed E-state index contributed by atoms with van der Waals surface area (Å²) in [6, 6.07) is 16.2. The van der Waals surface area contributed by atoms with Gasteiger partial charge in [-0.05, 0) is 55.9 Å². The molecular formula is C24H31NO4. The molecule has 3 rings (SSSR count). The quantitative estimate of drug-likeness (QED) is 0.734. The Bertz CT molecular complexity index is 800. The molecule has 1 atom stereocenters. The van der Waals surface area contributed by atoms with E-state index in [1.807, 2.05) is 36.4 Å². The first-order valence-electron chi connectivity index (χ1n) is 10.2. The zero-order valence-electron chi connectivity index (χ0n) is 17.6. The third-order valence-electron chi connectivity index (χ3n) is 5.80. The maximum atomic E-state index is 13.5. The molecule has 2 aromatic carbocycles. The van der Waals surface area contributed by atoms with Crippen molar-refractivity contribution < 1.29 is 19.0 Å². The molecule has 1 aliphatic rings. The number of amides is 1. The van der Waals surface area contributed by atoms with Gasteiger partial charge in [-0.3, -0.25) is 4.79 Å². The molecule has 29 heavy (non-hydrogen) atoms. The van der Waals surface area contributed by atoms with Crippen molar-refractivity contribution in [2.45, 2.75) is 44.1 Å². The van der Waals surface area contributed by atoms with Crippen molar-refractivity contribution in [3.63, 3.8) is 0 Å². The molecule has 0 aliphatic carbocycles. The highest BCUT2D eigenvalue weighted by Crippen LogP contribution is 2.39. The molecule has 5 heteroatoms. The molecule has 0 aromatic heterocycles. The summed E-state index contributed by atoms with van der Waals surface area (Å²) in [4.78, 5) is 13.5. The van der Waals surface area contributed by atoms with Gasteiger partial charge in [0.1, 0.15) is 0 Å². The van der Waals surface area contributed by atoms with Crippen LogP contribution in [0.25, 0.3) is 0 Å². The van der Waals surface area contributed by atoms with Crippen LogP contribution in [-0.2, 0) is 21.4 Å².